The number of hydrogen-bond donors (Lipinski definition) is 1. The summed E-state index contributed by atoms with van der Waals surface area (Å²) in [5, 5.41) is 12.1. The molecule has 36 heavy (non-hydrogen) atoms. The highest BCUT2D eigenvalue weighted by molar-refractivity contribution is 6.09. The molecule has 1 atom stereocenters. The van der Waals surface area contributed by atoms with Crippen LogP contribution in [0.2, 0.25) is 0 Å². The average Bonchev–Trinajstić information content (AvgIpc) is 2.92. The van der Waals surface area contributed by atoms with Crippen LogP contribution in [0, 0.1) is 11.3 Å². The van der Waals surface area contributed by atoms with Crippen LogP contribution >= 0.6 is 0 Å². The van der Waals surface area contributed by atoms with E-state index in [-0.39, 0.29) is 22.7 Å². The molecule has 3 aromatic rings. The second-order valence-electron chi connectivity index (χ2n) is 8.37. The Morgan fingerprint density at radius 1 is 0.944 bits per heavy atom. The topological polar surface area (TPSA) is 106 Å². The maximum absolute atomic E-state index is 13.3. The van der Waals surface area contributed by atoms with Crippen molar-refractivity contribution in [1.29, 1.82) is 5.26 Å². The second-order valence-corrected chi connectivity index (χ2v) is 8.37. The number of methoxy groups -OCH3 is 2. The molecule has 1 aliphatic heterocycles. The summed E-state index contributed by atoms with van der Waals surface area (Å²) in [7, 11) is 2.47. The van der Waals surface area contributed by atoms with Gasteiger partial charge in [0.05, 0.1) is 43.0 Å². The van der Waals surface area contributed by atoms with Crippen LogP contribution in [0.5, 0.6) is 0 Å². The Kier molecular flexibility index (Phi) is 7.07. The lowest BCUT2D eigenvalue weighted by atomic mass is 9.80. The first-order chi connectivity index (χ1) is 17.5. The van der Waals surface area contributed by atoms with Gasteiger partial charge in [0.25, 0.3) is 0 Å². The number of carbonyl (C=O) groups excluding carboxylic acids is 2. The highest BCUT2D eigenvalue weighted by Gasteiger charge is 2.43. The third-order valence-electron chi connectivity index (χ3n) is 6.36. The largest absolute Gasteiger partial charge is 0.466 e. The molecule has 0 aromatic heterocycles. The number of hydrogen-bond acceptors (Lipinski definition) is 7. The molecule has 0 radical (unpaired) electrons. The Hall–Kier alpha value is -4.57. The number of benzene rings is 3. The summed E-state index contributed by atoms with van der Waals surface area (Å²) in [6.07, 6.45) is 1.84. The number of carbonyl (C=O) groups is 2. The van der Waals surface area contributed by atoms with Crippen LogP contribution in [0.1, 0.15) is 30.4 Å². The number of nitrogens with two attached hydrogens (primary N) is 1. The van der Waals surface area contributed by atoms with Crippen LogP contribution in [-0.2, 0) is 25.5 Å². The standard InChI is InChI=1S/C29H27N3O4/c1-4-10-18-15-16-23(21-14-9-8-13-20(18)21)32-26(29(34)36-3)25(28(33)35-2)24(22(17-30)27(32)31)19-11-6-5-7-12-19/h5-9,11-16,24H,4,10,31H2,1-3H3. The molecule has 2 N–H and O–H groups in total. The van der Waals surface area contributed by atoms with Crippen molar-refractivity contribution in [3.8, 4) is 6.07 Å². The number of nitriles is 1. The zero-order valence-electron chi connectivity index (χ0n) is 20.4. The summed E-state index contributed by atoms with van der Waals surface area (Å²) in [6, 6.07) is 22.8. The Balaban J connectivity index is 2.11. The minimum Gasteiger partial charge on any atom is -0.466 e. The predicted molar refractivity (Wildman–Crippen MR) is 137 cm³/mol. The number of allylic oxidation sites excluding steroid dienone is 1. The molecule has 7 heteroatoms. The number of nitrogens with zero attached hydrogens (tertiary/aromatic N) is 2. The summed E-state index contributed by atoms with van der Waals surface area (Å²) < 4.78 is 10.2. The van der Waals surface area contributed by atoms with E-state index < -0.39 is 17.9 Å². The van der Waals surface area contributed by atoms with Gasteiger partial charge in [0.1, 0.15) is 11.5 Å². The maximum atomic E-state index is 13.3. The molecule has 0 fully saturated rings. The smallest absolute Gasteiger partial charge is 0.355 e. The Morgan fingerprint density at radius 3 is 2.19 bits per heavy atom. The Morgan fingerprint density at radius 2 is 1.58 bits per heavy atom. The van der Waals surface area contributed by atoms with Crippen molar-refractivity contribution in [1.82, 2.24) is 0 Å². The average molecular weight is 482 g/mol. The van der Waals surface area contributed by atoms with Gasteiger partial charge >= 0.3 is 11.9 Å². The van der Waals surface area contributed by atoms with E-state index in [2.05, 4.69) is 13.0 Å². The van der Waals surface area contributed by atoms with Crippen molar-refractivity contribution in [3.05, 3.63) is 101 Å². The summed E-state index contributed by atoms with van der Waals surface area (Å²) in [5.74, 6) is -2.37. The number of fused-ring (bicyclic) bond motifs is 1. The molecular weight excluding hydrogens is 454 g/mol. The van der Waals surface area contributed by atoms with E-state index in [0.717, 1.165) is 29.2 Å². The molecule has 0 saturated carbocycles. The number of anilines is 1. The number of esters is 2. The van der Waals surface area contributed by atoms with Gasteiger partial charge in [-0.2, -0.15) is 5.26 Å². The van der Waals surface area contributed by atoms with Gasteiger partial charge in [-0.15, -0.1) is 0 Å². The molecule has 1 aliphatic rings. The summed E-state index contributed by atoms with van der Waals surface area (Å²) >= 11 is 0. The van der Waals surface area contributed by atoms with Gasteiger partial charge < -0.3 is 15.2 Å². The Labute approximate surface area is 210 Å². The van der Waals surface area contributed by atoms with E-state index in [1.165, 1.54) is 19.1 Å². The molecule has 1 unspecified atom stereocenters. The molecule has 0 bridgehead atoms. The van der Waals surface area contributed by atoms with E-state index >= 15 is 0 Å². The molecule has 7 nitrogen and oxygen atoms in total. The molecule has 1 heterocycles. The van der Waals surface area contributed by atoms with Gasteiger partial charge in [-0.05, 0) is 29.0 Å². The first-order valence-electron chi connectivity index (χ1n) is 11.6. The number of rotatable bonds is 6. The lowest BCUT2D eigenvalue weighted by Gasteiger charge is -2.36. The molecule has 0 spiro atoms. The third-order valence-corrected chi connectivity index (χ3v) is 6.36. The lowest BCUT2D eigenvalue weighted by Crippen LogP contribution is -2.40. The van der Waals surface area contributed by atoms with Crippen molar-refractivity contribution < 1.29 is 19.1 Å². The fourth-order valence-corrected chi connectivity index (χ4v) is 4.79. The van der Waals surface area contributed by atoms with Crippen LogP contribution in [0.15, 0.2) is 89.4 Å². The van der Waals surface area contributed by atoms with Gasteiger partial charge in [0.15, 0.2) is 0 Å². The highest BCUT2D eigenvalue weighted by atomic mass is 16.5. The van der Waals surface area contributed by atoms with Gasteiger partial charge in [-0.3, -0.25) is 4.90 Å². The summed E-state index contributed by atoms with van der Waals surface area (Å²) in [5.41, 5.74) is 9.04. The SMILES string of the molecule is CCCc1ccc(N2C(N)=C(C#N)C(c3ccccc3)C(C(=O)OC)=C2C(=O)OC)c2ccccc12. The molecule has 3 aromatic carbocycles. The van der Waals surface area contributed by atoms with E-state index in [0.29, 0.717) is 11.3 Å². The minimum atomic E-state index is -0.903. The van der Waals surface area contributed by atoms with Gasteiger partial charge in [0, 0.05) is 5.39 Å². The van der Waals surface area contributed by atoms with E-state index in [4.69, 9.17) is 15.2 Å². The van der Waals surface area contributed by atoms with Gasteiger partial charge in [0.2, 0.25) is 0 Å². The zero-order chi connectivity index (χ0) is 25.8. The predicted octanol–water partition coefficient (Wildman–Crippen LogP) is 4.69. The number of ether oxygens (including phenoxy) is 2. The molecular formula is C29H27N3O4. The normalized spacial score (nSPS) is 15.6. The highest BCUT2D eigenvalue weighted by Crippen LogP contribution is 2.45. The van der Waals surface area contributed by atoms with Crippen LogP contribution in [0.25, 0.3) is 10.8 Å². The first kappa shape index (κ1) is 24.6. The molecule has 182 valence electrons. The van der Waals surface area contributed by atoms with Crippen molar-refractivity contribution in [2.24, 2.45) is 5.73 Å². The monoisotopic (exact) mass is 481 g/mol. The van der Waals surface area contributed by atoms with Gasteiger partial charge in [-0.25, -0.2) is 9.59 Å². The zero-order valence-corrected chi connectivity index (χ0v) is 20.4. The van der Waals surface area contributed by atoms with Crippen molar-refractivity contribution >= 4 is 28.4 Å². The molecule has 0 aliphatic carbocycles. The number of aryl methyl sites for hydroxylation is 1. The van der Waals surface area contributed by atoms with Gasteiger partial charge in [-0.1, -0.05) is 74.0 Å². The van der Waals surface area contributed by atoms with Crippen molar-refractivity contribution in [3.63, 3.8) is 0 Å². The quantitative estimate of drug-likeness (QED) is 0.509. The fourth-order valence-electron chi connectivity index (χ4n) is 4.79. The van der Waals surface area contributed by atoms with Crippen molar-refractivity contribution in [2.45, 2.75) is 25.7 Å². The minimum absolute atomic E-state index is 0.0111. The van der Waals surface area contributed by atoms with E-state index in [1.54, 1.807) is 24.3 Å². The third kappa shape index (κ3) is 4.07. The van der Waals surface area contributed by atoms with Crippen LogP contribution in [-0.4, -0.2) is 26.2 Å². The summed E-state index contributed by atoms with van der Waals surface area (Å²) in [4.78, 5) is 28.0. The van der Waals surface area contributed by atoms with Crippen LogP contribution in [0.3, 0.4) is 0 Å². The second kappa shape index (κ2) is 10.4. The van der Waals surface area contributed by atoms with Crippen molar-refractivity contribution in [2.75, 3.05) is 19.1 Å². The fraction of sp³-hybridized carbons (Fsp3) is 0.207. The Bertz CT molecular complexity index is 1430. The van der Waals surface area contributed by atoms with E-state index in [9.17, 15) is 14.9 Å². The van der Waals surface area contributed by atoms with E-state index in [1.807, 2.05) is 42.5 Å². The molecule has 0 amide bonds. The maximum Gasteiger partial charge on any atom is 0.355 e. The van der Waals surface area contributed by atoms with Crippen LogP contribution < -0.4 is 10.6 Å². The summed E-state index contributed by atoms with van der Waals surface area (Å²) in [6.45, 7) is 2.11. The van der Waals surface area contributed by atoms with Crippen LogP contribution in [0.4, 0.5) is 5.69 Å². The molecule has 4 rings (SSSR count). The first-order valence-corrected chi connectivity index (χ1v) is 11.6. The molecule has 0 saturated heterocycles. The lowest BCUT2D eigenvalue weighted by molar-refractivity contribution is -0.139.